The Labute approximate surface area is 151 Å². The minimum Gasteiger partial charge on any atom is -0.384 e. The number of carbonyl (C=O) groups excluding carboxylic acids is 1. The molecular formula is C18H21N7O. The van der Waals surface area contributed by atoms with E-state index in [1.807, 2.05) is 6.92 Å². The van der Waals surface area contributed by atoms with Crippen LogP contribution in [-0.2, 0) is 4.79 Å². The van der Waals surface area contributed by atoms with Gasteiger partial charge in [-0.1, -0.05) is 11.8 Å². The number of piperidine rings is 1. The van der Waals surface area contributed by atoms with Crippen molar-refractivity contribution < 1.29 is 4.79 Å². The molecule has 1 aliphatic rings. The maximum absolute atomic E-state index is 11.4. The van der Waals surface area contributed by atoms with Crippen molar-refractivity contribution in [3.05, 3.63) is 35.2 Å². The first kappa shape index (κ1) is 17.5. The summed E-state index contributed by atoms with van der Waals surface area (Å²) in [7, 11) is 0. The second-order valence-corrected chi connectivity index (χ2v) is 6.25. The van der Waals surface area contributed by atoms with Crippen LogP contribution in [-0.4, -0.2) is 33.9 Å². The molecule has 0 spiro atoms. The molecule has 0 aliphatic carbocycles. The summed E-state index contributed by atoms with van der Waals surface area (Å²) in [4.78, 5) is 26.1. The summed E-state index contributed by atoms with van der Waals surface area (Å²) in [5.74, 6) is 7.19. The maximum atomic E-state index is 11.4. The number of amides is 1. The molecule has 0 aromatic carbocycles. The van der Waals surface area contributed by atoms with Crippen molar-refractivity contribution in [2.24, 2.45) is 11.7 Å². The van der Waals surface area contributed by atoms with Crippen LogP contribution in [0.15, 0.2) is 18.3 Å². The number of aromatic nitrogens is 3. The summed E-state index contributed by atoms with van der Waals surface area (Å²) >= 11 is 0. The summed E-state index contributed by atoms with van der Waals surface area (Å²) < 4.78 is 0. The van der Waals surface area contributed by atoms with E-state index in [4.69, 9.17) is 17.2 Å². The first-order chi connectivity index (χ1) is 12.4. The van der Waals surface area contributed by atoms with Gasteiger partial charge in [-0.2, -0.15) is 4.98 Å². The zero-order valence-corrected chi connectivity index (χ0v) is 14.6. The van der Waals surface area contributed by atoms with E-state index in [2.05, 4.69) is 31.7 Å². The Morgan fingerprint density at radius 2 is 1.92 bits per heavy atom. The van der Waals surface area contributed by atoms with Crippen LogP contribution in [0.1, 0.15) is 29.7 Å². The van der Waals surface area contributed by atoms with Crippen molar-refractivity contribution >= 4 is 23.5 Å². The third-order valence-corrected chi connectivity index (χ3v) is 4.40. The standard InChI is InChI=1S/C18H21N7O/c1-11-14(4-2-12-3-5-15(19)22-10-12)17(24-18(21)23-11)25-8-6-13(7-9-25)16(20)26/h3,5,10,13H,6-9H2,1H3,(H2,19,22)(H2,20,26)(H2,21,23,24). The third kappa shape index (κ3) is 3.83. The SMILES string of the molecule is Cc1nc(N)nc(N2CCC(C(N)=O)CC2)c1C#Cc1ccc(N)nc1. The summed E-state index contributed by atoms with van der Waals surface area (Å²) in [6, 6.07) is 3.51. The average molecular weight is 351 g/mol. The Morgan fingerprint density at radius 1 is 1.19 bits per heavy atom. The average Bonchev–Trinajstić information content (AvgIpc) is 2.62. The third-order valence-electron chi connectivity index (χ3n) is 4.40. The number of nitrogen functional groups attached to an aromatic ring is 2. The molecule has 2 aromatic heterocycles. The molecule has 134 valence electrons. The van der Waals surface area contributed by atoms with E-state index < -0.39 is 0 Å². The van der Waals surface area contributed by atoms with Crippen LogP contribution in [0.3, 0.4) is 0 Å². The minimum atomic E-state index is -0.251. The van der Waals surface area contributed by atoms with Gasteiger partial charge in [0.05, 0.1) is 11.3 Å². The fraction of sp³-hybridized carbons (Fsp3) is 0.333. The van der Waals surface area contributed by atoms with Gasteiger partial charge >= 0.3 is 0 Å². The van der Waals surface area contributed by atoms with Gasteiger partial charge in [-0.05, 0) is 31.9 Å². The van der Waals surface area contributed by atoms with Crippen molar-refractivity contribution in [1.29, 1.82) is 0 Å². The van der Waals surface area contributed by atoms with E-state index >= 15 is 0 Å². The molecule has 1 amide bonds. The largest absolute Gasteiger partial charge is 0.384 e. The lowest BCUT2D eigenvalue weighted by atomic mass is 9.96. The summed E-state index contributed by atoms with van der Waals surface area (Å²) in [6.07, 6.45) is 2.99. The Balaban J connectivity index is 1.91. The van der Waals surface area contributed by atoms with Crippen LogP contribution in [0, 0.1) is 24.7 Å². The Kier molecular flexibility index (Phi) is 4.89. The van der Waals surface area contributed by atoms with Gasteiger partial charge in [0.15, 0.2) is 0 Å². The number of pyridine rings is 1. The first-order valence-electron chi connectivity index (χ1n) is 8.36. The number of nitrogens with two attached hydrogens (primary N) is 3. The zero-order valence-electron chi connectivity index (χ0n) is 14.6. The number of anilines is 3. The van der Waals surface area contributed by atoms with Crippen LogP contribution in [0.5, 0.6) is 0 Å². The molecule has 1 aliphatic heterocycles. The van der Waals surface area contributed by atoms with E-state index in [0.717, 1.165) is 5.56 Å². The highest BCUT2D eigenvalue weighted by Gasteiger charge is 2.26. The zero-order chi connectivity index (χ0) is 18.7. The van der Waals surface area contributed by atoms with Gasteiger partial charge in [0, 0.05) is 30.8 Å². The molecule has 1 saturated heterocycles. The molecule has 3 heterocycles. The maximum Gasteiger partial charge on any atom is 0.222 e. The van der Waals surface area contributed by atoms with Crippen LogP contribution in [0.25, 0.3) is 0 Å². The van der Waals surface area contributed by atoms with E-state index in [0.29, 0.717) is 48.8 Å². The lowest BCUT2D eigenvalue weighted by Gasteiger charge is -2.32. The molecule has 26 heavy (non-hydrogen) atoms. The molecule has 6 N–H and O–H groups in total. The Morgan fingerprint density at radius 3 is 2.54 bits per heavy atom. The molecule has 0 atom stereocenters. The predicted molar refractivity (Wildman–Crippen MR) is 99.9 cm³/mol. The fourth-order valence-electron chi connectivity index (χ4n) is 2.94. The molecule has 0 saturated carbocycles. The Bertz CT molecular complexity index is 875. The van der Waals surface area contributed by atoms with Crippen molar-refractivity contribution in [2.75, 3.05) is 29.5 Å². The lowest BCUT2D eigenvalue weighted by Crippen LogP contribution is -2.39. The van der Waals surface area contributed by atoms with Crippen molar-refractivity contribution in [3.63, 3.8) is 0 Å². The van der Waals surface area contributed by atoms with Gasteiger partial charge in [-0.15, -0.1) is 0 Å². The van der Waals surface area contributed by atoms with Crippen LogP contribution in [0.2, 0.25) is 0 Å². The van der Waals surface area contributed by atoms with E-state index in [1.54, 1.807) is 18.3 Å². The van der Waals surface area contributed by atoms with Gasteiger partial charge < -0.3 is 22.1 Å². The summed E-state index contributed by atoms with van der Waals surface area (Å²) in [6.45, 7) is 3.19. The molecule has 2 aromatic rings. The molecular weight excluding hydrogens is 330 g/mol. The normalized spacial score (nSPS) is 14.6. The fourth-order valence-corrected chi connectivity index (χ4v) is 2.94. The second-order valence-electron chi connectivity index (χ2n) is 6.25. The smallest absolute Gasteiger partial charge is 0.222 e. The number of primary amides is 1. The van der Waals surface area contributed by atoms with Crippen molar-refractivity contribution in [2.45, 2.75) is 19.8 Å². The summed E-state index contributed by atoms with van der Waals surface area (Å²) in [5.41, 5.74) is 19.0. The second kappa shape index (κ2) is 7.27. The highest BCUT2D eigenvalue weighted by atomic mass is 16.1. The highest BCUT2D eigenvalue weighted by Crippen LogP contribution is 2.26. The number of hydrogen-bond acceptors (Lipinski definition) is 7. The monoisotopic (exact) mass is 351 g/mol. The van der Waals surface area contributed by atoms with Gasteiger partial charge in [-0.3, -0.25) is 4.79 Å². The van der Waals surface area contributed by atoms with Crippen LogP contribution >= 0.6 is 0 Å². The van der Waals surface area contributed by atoms with Crippen molar-refractivity contribution in [3.8, 4) is 11.8 Å². The topological polar surface area (TPSA) is 137 Å². The first-order valence-corrected chi connectivity index (χ1v) is 8.36. The summed E-state index contributed by atoms with van der Waals surface area (Å²) in [5, 5.41) is 0. The molecule has 8 heteroatoms. The van der Waals surface area contributed by atoms with E-state index in [-0.39, 0.29) is 17.8 Å². The quantitative estimate of drug-likeness (QED) is 0.668. The minimum absolute atomic E-state index is 0.0954. The predicted octanol–water partition coefficient (Wildman–Crippen LogP) is 0.446. The van der Waals surface area contributed by atoms with E-state index in [1.165, 1.54) is 0 Å². The number of aryl methyl sites for hydroxylation is 1. The van der Waals surface area contributed by atoms with Crippen molar-refractivity contribution in [1.82, 2.24) is 15.0 Å². The van der Waals surface area contributed by atoms with Gasteiger partial charge in [0.1, 0.15) is 11.6 Å². The molecule has 0 bridgehead atoms. The molecule has 3 rings (SSSR count). The van der Waals surface area contributed by atoms with Gasteiger partial charge in [-0.25, -0.2) is 9.97 Å². The van der Waals surface area contributed by atoms with Crippen LogP contribution < -0.4 is 22.1 Å². The van der Waals surface area contributed by atoms with Gasteiger partial charge in [0.25, 0.3) is 0 Å². The molecule has 8 nitrogen and oxygen atoms in total. The lowest BCUT2D eigenvalue weighted by molar-refractivity contribution is -0.122. The number of carbonyl (C=O) groups is 1. The highest BCUT2D eigenvalue weighted by molar-refractivity contribution is 5.77. The molecule has 1 fully saturated rings. The molecule has 0 radical (unpaired) electrons. The number of rotatable bonds is 2. The molecule has 0 unspecified atom stereocenters. The number of nitrogens with zero attached hydrogens (tertiary/aromatic N) is 4. The van der Waals surface area contributed by atoms with E-state index in [9.17, 15) is 4.79 Å². The Hall–Kier alpha value is -3.34. The van der Waals surface area contributed by atoms with Gasteiger partial charge in [0.2, 0.25) is 11.9 Å². The van der Waals surface area contributed by atoms with Crippen LogP contribution in [0.4, 0.5) is 17.6 Å². The number of hydrogen-bond donors (Lipinski definition) is 3.